The number of piperidine rings is 1. The van der Waals surface area contributed by atoms with E-state index in [1.54, 1.807) is 0 Å². The van der Waals surface area contributed by atoms with Crippen LogP contribution in [0.1, 0.15) is 18.4 Å². The SMILES string of the molecule is O=C(O)C1C2CCCN(Cc3ccccc3)C21. The molecule has 90 valence electrons. The van der Waals surface area contributed by atoms with Gasteiger partial charge in [-0.3, -0.25) is 9.69 Å². The van der Waals surface area contributed by atoms with Gasteiger partial charge in [0.15, 0.2) is 0 Å². The number of carboxylic acid groups (broad SMARTS) is 1. The molecule has 0 amide bonds. The van der Waals surface area contributed by atoms with E-state index >= 15 is 0 Å². The number of hydrogen-bond donors (Lipinski definition) is 1. The lowest BCUT2D eigenvalue weighted by atomic mass is 10.1. The lowest BCUT2D eigenvalue weighted by molar-refractivity contribution is -0.139. The van der Waals surface area contributed by atoms with Crippen molar-refractivity contribution in [3.05, 3.63) is 35.9 Å². The first kappa shape index (κ1) is 10.8. The van der Waals surface area contributed by atoms with Crippen LogP contribution in [0, 0.1) is 11.8 Å². The highest BCUT2D eigenvalue weighted by Crippen LogP contribution is 2.49. The van der Waals surface area contributed by atoms with Gasteiger partial charge in [0.05, 0.1) is 5.92 Å². The first-order chi connectivity index (χ1) is 8.27. The molecule has 1 heterocycles. The maximum atomic E-state index is 11.1. The Morgan fingerprint density at radius 3 is 2.82 bits per heavy atom. The molecule has 3 atom stereocenters. The number of nitrogens with zero attached hydrogens (tertiary/aromatic N) is 1. The molecular weight excluding hydrogens is 214 g/mol. The maximum Gasteiger partial charge on any atom is 0.308 e. The Morgan fingerprint density at radius 1 is 1.35 bits per heavy atom. The highest BCUT2D eigenvalue weighted by molar-refractivity contribution is 5.75. The number of aliphatic carboxylic acids is 1. The highest BCUT2D eigenvalue weighted by atomic mass is 16.4. The number of hydrogen-bond acceptors (Lipinski definition) is 2. The van der Waals surface area contributed by atoms with Crippen molar-refractivity contribution in [2.24, 2.45) is 11.8 Å². The molecule has 1 aliphatic heterocycles. The van der Waals surface area contributed by atoms with E-state index in [-0.39, 0.29) is 5.92 Å². The van der Waals surface area contributed by atoms with Crippen molar-refractivity contribution < 1.29 is 9.90 Å². The molecular formula is C14H17NO2. The van der Waals surface area contributed by atoms with E-state index in [2.05, 4.69) is 17.0 Å². The second-order valence-corrected chi connectivity index (χ2v) is 5.12. The summed E-state index contributed by atoms with van der Waals surface area (Å²) < 4.78 is 0. The lowest BCUT2D eigenvalue weighted by Gasteiger charge is -2.26. The van der Waals surface area contributed by atoms with E-state index in [1.165, 1.54) is 5.56 Å². The summed E-state index contributed by atoms with van der Waals surface area (Å²) in [6.45, 7) is 1.94. The van der Waals surface area contributed by atoms with Gasteiger partial charge in [0, 0.05) is 12.6 Å². The van der Waals surface area contributed by atoms with Crippen molar-refractivity contribution in [2.75, 3.05) is 6.54 Å². The van der Waals surface area contributed by atoms with Gasteiger partial charge in [0.2, 0.25) is 0 Å². The molecule has 2 fully saturated rings. The molecule has 1 saturated carbocycles. The van der Waals surface area contributed by atoms with Crippen molar-refractivity contribution in [3.8, 4) is 0 Å². The van der Waals surface area contributed by atoms with E-state index in [9.17, 15) is 4.79 Å². The molecule has 0 radical (unpaired) electrons. The molecule has 1 N–H and O–H groups in total. The third kappa shape index (κ3) is 1.95. The van der Waals surface area contributed by atoms with Crippen molar-refractivity contribution in [1.29, 1.82) is 0 Å². The molecule has 3 rings (SSSR count). The Balaban J connectivity index is 1.70. The van der Waals surface area contributed by atoms with Gasteiger partial charge < -0.3 is 5.11 Å². The second-order valence-electron chi connectivity index (χ2n) is 5.12. The maximum absolute atomic E-state index is 11.1. The highest BCUT2D eigenvalue weighted by Gasteiger charge is 2.58. The van der Waals surface area contributed by atoms with Crippen LogP contribution in [0.4, 0.5) is 0 Å². The summed E-state index contributed by atoms with van der Waals surface area (Å²) in [6.07, 6.45) is 2.23. The topological polar surface area (TPSA) is 40.5 Å². The average Bonchev–Trinajstić information content (AvgIpc) is 3.06. The number of likely N-dealkylation sites (tertiary alicyclic amines) is 1. The van der Waals surface area contributed by atoms with Crippen molar-refractivity contribution in [2.45, 2.75) is 25.4 Å². The van der Waals surface area contributed by atoms with Crippen LogP contribution in [-0.2, 0) is 11.3 Å². The van der Waals surface area contributed by atoms with E-state index in [4.69, 9.17) is 5.11 Å². The van der Waals surface area contributed by atoms with Gasteiger partial charge in [0.25, 0.3) is 0 Å². The molecule has 3 nitrogen and oxygen atoms in total. The zero-order valence-corrected chi connectivity index (χ0v) is 9.75. The van der Waals surface area contributed by atoms with Crippen molar-refractivity contribution >= 4 is 5.97 Å². The molecule has 0 bridgehead atoms. The third-order valence-corrected chi connectivity index (χ3v) is 4.05. The van der Waals surface area contributed by atoms with Gasteiger partial charge in [-0.05, 0) is 30.9 Å². The zero-order valence-electron chi connectivity index (χ0n) is 9.75. The summed E-state index contributed by atoms with van der Waals surface area (Å²) in [7, 11) is 0. The van der Waals surface area contributed by atoms with Gasteiger partial charge in [-0.1, -0.05) is 30.3 Å². The summed E-state index contributed by atoms with van der Waals surface area (Å²) in [6, 6.07) is 10.6. The smallest absolute Gasteiger partial charge is 0.308 e. The monoisotopic (exact) mass is 231 g/mol. The fourth-order valence-corrected chi connectivity index (χ4v) is 3.21. The number of carboxylic acids is 1. The van der Waals surface area contributed by atoms with Crippen LogP contribution in [0.5, 0.6) is 0 Å². The number of benzene rings is 1. The Hall–Kier alpha value is -1.35. The van der Waals surface area contributed by atoms with Gasteiger partial charge in [-0.2, -0.15) is 0 Å². The quantitative estimate of drug-likeness (QED) is 0.864. The molecule has 3 heteroatoms. The summed E-state index contributed by atoms with van der Waals surface area (Å²) in [5, 5.41) is 9.14. The minimum absolute atomic E-state index is 0.110. The van der Waals surface area contributed by atoms with E-state index < -0.39 is 5.97 Å². The van der Waals surface area contributed by atoms with Crippen molar-refractivity contribution in [1.82, 2.24) is 4.90 Å². The van der Waals surface area contributed by atoms with E-state index in [0.717, 1.165) is 25.9 Å². The summed E-state index contributed by atoms with van der Waals surface area (Å²) in [5.74, 6) is -0.314. The number of rotatable bonds is 3. The molecule has 2 aliphatic rings. The van der Waals surface area contributed by atoms with Crippen molar-refractivity contribution in [3.63, 3.8) is 0 Å². The standard InChI is InChI=1S/C14H17NO2/c16-14(17)12-11-7-4-8-15(13(11)12)9-10-5-2-1-3-6-10/h1-3,5-6,11-13H,4,7-9H2,(H,16,17). The molecule has 1 saturated heterocycles. The Morgan fingerprint density at radius 2 is 2.12 bits per heavy atom. The summed E-state index contributed by atoms with van der Waals surface area (Å²) in [5.41, 5.74) is 1.28. The molecule has 1 aliphatic carbocycles. The lowest BCUT2D eigenvalue weighted by Crippen LogP contribution is -2.32. The molecule has 0 spiro atoms. The minimum Gasteiger partial charge on any atom is -0.481 e. The first-order valence-corrected chi connectivity index (χ1v) is 6.28. The summed E-state index contributed by atoms with van der Waals surface area (Å²) in [4.78, 5) is 13.4. The Labute approximate surface area is 101 Å². The molecule has 1 aromatic carbocycles. The van der Waals surface area contributed by atoms with E-state index in [0.29, 0.717) is 12.0 Å². The molecule has 3 unspecified atom stereocenters. The molecule has 1 aromatic rings. The average molecular weight is 231 g/mol. The van der Waals surface area contributed by atoms with Crippen LogP contribution < -0.4 is 0 Å². The van der Waals surface area contributed by atoms with Gasteiger partial charge in [-0.25, -0.2) is 0 Å². The van der Waals surface area contributed by atoms with Gasteiger partial charge in [0.1, 0.15) is 0 Å². The van der Waals surface area contributed by atoms with Crippen LogP contribution in [0.3, 0.4) is 0 Å². The third-order valence-electron chi connectivity index (χ3n) is 4.05. The second kappa shape index (κ2) is 4.15. The predicted molar refractivity (Wildman–Crippen MR) is 64.5 cm³/mol. The normalized spacial score (nSPS) is 31.9. The minimum atomic E-state index is -0.611. The Kier molecular flexibility index (Phi) is 2.63. The Bertz CT molecular complexity index is 417. The fourth-order valence-electron chi connectivity index (χ4n) is 3.21. The van der Waals surface area contributed by atoms with Crippen LogP contribution in [0.15, 0.2) is 30.3 Å². The van der Waals surface area contributed by atoms with Crippen LogP contribution in [0.2, 0.25) is 0 Å². The van der Waals surface area contributed by atoms with Crippen LogP contribution >= 0.6 is 0 Å². The van der Waals surface area contributed by atoms with Crippen LogP contribution in [0.25, 0.3) is 0 Å². The van der Waals surface area contributed by atoms with Crippen LogP contribution in [-0.4, -0.2) is 28.6 Å². The fraction of sp³-hybridized carbons (Fsp3) is 0.500. The zero-order chi connectivity index (χ0) is 11.8. The predicted octanol–water partition coefficient (Wildman–Crippen LogP) is 1.98. The summed E-state index contributed by atoms with van der Waals surface area (Å²) >= 11 is 0. The number of carbonyl (C=O) groups is 1. The first-order valence-electron chi connectivity index (χ1n) is 6.28. The van der Waals surface area contributed by atoms with Gasteiger partial charge in [-0.15, -0.1) is 0 Å². The largest absolute Gasteiger partial charge is 0.481 e. The van der Waals surface area contributed by atoms with E-state index in [1.807, 2.05) is 18.2 Å². The molecule has 17 heavy (non-hydrogen) atoms. The number of fused-ring (bicyclic) bond motifs is 1. The van der Waals surface area contributed by atoms with Gasteiger partial charge >= 0.3 is 5.97 Å². The molecule has 0 aromatic heterocycles.